The highest BCUT2D eigenvalue weighted by Gasteiger charge is 2.39. The van der Waals surface area contributed by atoms with Crippen LogP contribution in [-0.2, 0) is 0 Å². The molecule has 16 heavy (non-hydrogen) atoms. The van der Waals surface area contributed by atoms with Gasteiger partial charge in [-0.25, -0.2) is 4.90 Å². The van der Waals surface area contributed by atoms with Crippen LogP contribution < -0.4 is 0 Å². The van der Waals surface area contributed by atoms with Gasteiger partial charge < -0.3 is 0 Å². The molecule has 0 aromatic heterocycles. The van der Waals surface area contributed by atoms with Gasteiger partial charge in [-0.3, -0.25) is 4.99 Å². The highest BCUT2D eigenvalue weighted by Crippen LogP contribution is 2.37. The number of alkyl halides is 3. The van der Waals surface area contributed by atoms with Gasteiger partial charge in [-0.15, -0.1) is 0 Å². The largest absolute Gasteiger partial charge is 0.416 e. The van der Waals surface area contributed by atoms with Crippen LogP contribution in [0.1, 0.15) is 6.92 Å². The molecule has 6 heteroatoms. The summed E-state index contributed by atoms with van der Waals surface area (Å²) in [5.74, 6) is -0.355. The number of halogens is 3. The second kappa shape index (κ2) is 3.37. The third-order valence-corrected chi connectivity index (χ3v) is 2.60. The van der Waals surface area contributed by atoms with E-state index in [0.717, 1.165) is 17.1 Å². The Kier molecular flexibility index (Phi) is 2.26. The van der Waals surface area contributed by atoms with E-state index in [9.17, 15) is 13.2 Å². The Bertz CT molecular complexity index is 439. The van der Waals surface area contributed by atoms with E-state index in [0.29, 0.717) is 5.70 Å². The van der Waals surface area contributed by atoms with Gasteiger partial charge in [-0.1, -0.05) is 13.0 Å². The molecule has 1 aliphatic heterocycles. The van der Waals surface area contributed by atoms with Gasteiger partial charge in [-0.05, 0) is 6.08 Å². The molecule has 0 radical (unpaired) electrons. The predicted molar refractivity (Wildman–Crippen MR) is 51.1 cm³/mol. The first-order chi connectivity index (χ1) is 7.43. The van der Waals surface area contributed by atoms with Crippen LogP contribution in [0.3, 0.4) is 0 Å². The minimum Gasteiger partial charge on any atom is -0.264 e. The lowest BCUT2D eigenvalue weighted by atomic mass is 9.90. The van der Waals surface area contributed by atoms with Crippen molar-refractivity contribution in [3.05, 3.63) is 23.4 Å². The third kappa shape index (κ3) is 1.58. The Morgan fingerprint density at radius 3 is 2.75 bits per heavy atom. The fourth-order valence-corrected chi connectivity index (χ4v) is 1.83. The van der Waals surface area contributed by atoms with Gasteiger partial charge in [0.1, 0.15) is 6.34 Å². The zero-order valence-corrected chi connectivity index (χ0v) is 8.36. The van der Waals surface area contributed by atoms with E-state index in [4.69, 9.17) is 5.26 Å². The van der Waals surface area contributed by atoms with Gasteiger partial charge in [0.2, 0.25) is 0 Å². The van der Waals surface area contributed by atoms with Crippen molar-refractivity contribution in [2.45, 2.75) is 19.1 Å². The van der Waals surface area contributed by atoms with Gasteiger partial charge in [0.25, 0.3) is 0 Å². The van der Waals surface area contributed by atoms with E-state index >= 15 is 0 Å². The van der Waals surface area contributed by atoms with Gasteiger partial charge in [0.15, 0.2) is 6.19 Å². The highest BCUT2D eigenvalue weighted by atomic mass is 19.4. The second-order valence-corrected chi connectivity index (χ2v) is 3.73. The zero-order valence-electron chi connectivity index (χ0n) is 8.36. The Morgan fingerprint density at radius 2 is 2.19 bits per heavy atom. The highest BCUT2D eigenvalue weighted by molar-refractivity contribution is 5.67. The van der Waals surface area contributed by atoms with Crippen molar-refractivity contribution in [1.29, 1.82) is 5.26 Å². The average molecular weight is 227 g/mol. The van der Waals surface area contributed by atoms with Crippen LogP contribution in [0.5, 0.6) is 0 Å². The molecule has 0 saturated heterocycles. The smallest absolute Gasteiger partial charge is 0.264 e. The van der Waals surface area contributed by atoms with Crippen LogP contribution in [0.2, 0.25) is 0 Å². The molecule has 0 spiro atoms. The molecule has 2 aliphatic rings. The molecule has 0 fully saturated rings. The molecule has 0 bridgehead atoms. The molecule has 1 unspecified atom stereocenters. The lowest BCUT2D eigenvalue weighted by molar-refractivity contribution is -0.0891. The number of allylic oxidation sites excluding steroid dienone is 2. The lowest BCUT2D eigenvalue weighted by Gasteiger charge is -2.24. The van der Waals surface area contributed by atoms with Gasteiger partial charge in [-0.2, -0.15) is 18.4 Å². The van der Waals surface area contributed by atoms with Crippen LogP contribution in [0, 0.1) is 17.4 Å². The van der Waals surface area contributed by atoms with Crippen molar-refractivity contribution in [1.82, 2.24) is 4.90 Å². The fourth-order valence-electron chi connectivity index (χ4n) is 1.83. The standard InChI is InChI=1S/C10H8F3N3/c1-6-2-7(10(11,12)13)3-8-9(6)15-5-16(8)4-14/h2-3,5-6,9H,1H3/t6-,9?/m1/s1. The molecule has 1 aliphatic carbocycles. The van der Waals surface area contributed by atoms with Crippen LogP contribution in [0.25, 0.3) is 0 Å². The van der Waals surface area contributed by atoms with Crippen molar-refractivity contribution in [3.63, 3.8) is 0 Å². The minimum absolute atomic E-state index is 0.296. The molecule has 2 rings (SSSR count). The van der Waals surface area contributed by atoms with Crippen molar-refractivity contribution < 1.29 is 13.2 Å². The SMILES string of the molecule is C[C@@H]1C=C(C(F)(F)F)C=C2C1N=CN2C#N. The van der Waals surface area contributed by atoms with Crippen LogP contribution in [-0.4, -0.2) is 23.5 Å². The monoisotopic (exact) mass is 227 g/mol. The molecule has 1 heterocycles. The fraction of sp³-hybridized carbons (Fsp3) is 0.400. The van der Waals surface area contributed by atoms with Gasteiger partial charge in [0, 0.05) is 5.92 Å². The summed E-state index contributed by atoms with van der Waals surface area (Å²) in [4.78, 5) is 5.08. The van der Waals surface area contributed by atoms with E-state index in [1.54, 1.807) is 13.1 Å². The molecule has 0 N–H and O–H groups in total. The maximum absolute atomic E-state index is 12.5. The topological polar surface area (TPSA) is 39.4 Å². The number of hydrogen-bond donors (Lipinski definition) is 0. The number of hydrogen-bond acceptors (Lipinski definition) is 3. The summed E-state index contributed by atoms with van der Waals surface area (Å²) in [6.45, 7) is 1.65. The van der Waals surface area contributed by atoms with Crippen LogP contribution in [0.15, 0.2) is 28.4 Å². The minimum atomic E-state index is -4.38. The Labute approximate surface area is 90.2 Å². The molecule has 0 saturated carbocycles. The first kappa shape index (κ1) is 10.7. The summed E-state index contributed by atoms with van der Waals surface area (Å²) < 4.78 is 37.6. The molecular weight excluding hydrogens is 219 g/mol. The normalized spacial score (nSPS) is 28.3. The second-order valence-electron chi connectivity index (χ2n) is 3.73. The van der Waals surface area contributed by atoms with E-state index in [1.807, 2.05) is 0 Å². The van der Waals surface area contributed by atoms with Crippen molar-refractivity contribution in [2.24, 2.45) is 10.9 Å². The maximum atomic E-state index is 12.5. The number of nitriles is 1. The molecule has 0 aromatic carbocycles. The van der Waals surface area contributed by atoms with Crippen molar-refractivity contribution in [2.75, 3.05) is 0 Å². The quantitative estimate of drug-likeness (QED) is 0.595. The number of nitrogens with zero attached hydrogens (tertiary/aromatic N) is 3. The number of fused-ring (bicyclic) bond motifs is 1. The van der Waals surface area contributed by atoms with Crippen molar-refractivity contribution >= 4 is 6.34 Å². The third-order valence-electron chi connectivity index (χ3n) is 2.60. The summed E-state index contributed by atoms with van der Waals surface area (Å²) in [5.41, 5.74) is -0.415. The summed E-state index contributed by atoms with van der Waals surface area (Å²) >= 11 is 0. The van der Waals surface area contributed by atoms with E-state index < -0.39 is 11.7 Å². The van der Waals surface area contributed by atoms with Crippen LogP contribution >= 0.6 is 0 Å². The van der Waals surface area contributed by atoms with Crippen LogP contribution in [0.4, 0.5) is 13.2 Å². The molecule has 0 amide bonds. The first-order valence-corrected chi connectivity index (χ1v) is 4.66. The van der Waals surface area contributed by atoms with Crippen molar-refractivity contribution in [3.8, 4) is 6.19 Å². The summed E-state index contributed by atoms with van der Waals surface area (Å²) in [6.07, 6.45) is 0.794. The molecule has 84 valence electrons. The molecular formula is C10H8F3N3. The molecule has 3 nitrogen and oxygen atoms in total. The molecule has 0 aromatic rings. The Balaban J connectivity index is 2.40. The summed E-state index contributed by atoms with van der Waals surface area (Å²) in [5, 5.41) is 8.72. The van der Waals surface area contributed by atoms with E-state index in [-0.39, 0.29) is 12.0 Å². The van der Waals surface area contributed by atoms with E-state index in [1.165, 1.54) is 6.34 Å². The maximum Gasteiger partial charge on any atom is 0.416 e. The lowest BCUT2D eigenvalue weighted by Crippen LogP contribution is -2.27. The Hall–Kier alpha value is -1.77. The number of rotatable bonds is 0. The first-order valence-electron chi connectivity index (χ1n) is 4.66. The zero-order chi connectivity index (χ0) is 11.9. The summed E-state index contributed by atoms with van der Waals surface area (Å²) in [6, 6.07) is -0.370. The van der Waals surface area contributed by atoms with Gasteiger partial charge >= 0.3 is 6.18 Å². The molecule has 2 atom stereocenters. The van der Waals surface area contributed by atoms with Gasteiger partial charge in [0.05, 0.1) is 17.3 Å². The number of aliphatic imine (C=N–C) groups is 1. The Morgan fingerprint density at radius 1 is 1.50 bits per heavy atom. The predicted octanol–water partition coefficient (Wildman–Crippen LogP) is 2.20. The summed E-state index contributed by atoms with van der Waals surface area (Å²) in [7, 11) is 0. The van der Waals surface area contributed by atoms with E-state index in [2.05, 4.69) is 4.99 Å². The average Bonchev–Trinajstić information content (AvgIpc) is 2.59.